The molecule has 7 nitrogen and oxygen atoms in total. The van der Waals surface area contributed by atoms with Crippen LogP contribution in [0.1, 0.15) is 61.6 Å². The molecule has 8 heteroatoms. The second kappa shape index (κ2) is 13.7. The van der Waals surface area contributed by atoms with E-state index in [9.17, 15) is 9.90 Å². The van der Waals surface area contributed by atoms with Crippen molar-refractivity contribution in [3.8, 4) is 17.2 Å². The number of hydrogen-bond acceptors (Lipinski definition) is 6. The maximum atomic E-state index is 12.2. The van der Waals surface area contributed by atoms with E-state index in [1.807, 2.05) is 43.0 Å². The van der Waals surface area contributed by atoms with Crippen molar-refractivity contribution in [1.29, 1.82) is 0 Å². The molecule has 214 valence electrons. The number of aryl methyl sites for hydroxylation is 2. The zero-order valence-electron chi connectivity index (χ0n) is 23.6. The van der Waals surface area contributed by atoms with Gasteiger partial charge in [0.2, 0.25) is 5.91 Å². The van der Waals surface area contributed by atoms with Gasteiger partial charge in [0.15, 0.2) is 11.5 Å². The van der Waals surface area contributed by atoms with Crippen molar-refractivity contribution < 1.29 is 24.1 Å². The average Bonchev–Trinajstić information content (AvgIpc) is 3.14. The summed E-state index contributed by atoms with van der Waals surface area (Å²) >= 11 is 6.27. The van der Waals surface area contributed by atoms with Gasteiger partial charge >= 0.3 is 0 Å². The van der Waals surface area contributed by atoms with E-state index < -0.39 is 5.60 Å². The fraction of sp³-hybridized carbons (Fsp3) is 0.581. The number of rotatable bonds is 11. The van der Waals surface area contributed by atoms with Gasteiger partial charge in [-0.05, 0) is 86.9 Å². The number of amides is 1. The Kier molecular flexibility index (Phi) is 10.4. The minimum absolute atomic E-state index is 0.266. The van der Waals surface area contributed by atoms with Gasteiger partial charge in [-0.1, -0.05) is 24.1 Å². The summed E-state index contributed by atoms with van der Waals surface area (Å²) in [5.74, 6) is 2.45. The van der Waals surface area contributed by atoms with Crippen molar-refractivity contribution in [1.82, 2.24) is 9.80 Å². The molecular formula is C31H43ClN2O5. The van der Waals surface area contributed by atoms with Crippen molar-refractivity contribution in [3.05, 3.63) is 52.0 Å². The molecule has 2 saturated heterocycles. The first-order valence-corrected chi connectivity index (χ1v) is 14.6. The van der Waals surface area contributed by atoms with Crippen LogP contribution in [0.15, 0.2) is 30.3 Å². The molecule has 1 amide bonds. The third kappa shape index (κ3) is 8.26. The van der Waals surface area contributed by atoms with E-state index >= 15 is 0 Å². The van der Waals surface area contributed by atoms with E-state index in [-0.39, 0.29) is 12.5 Å². The van der Waals surface area contributed by atoms with Gasteiger partial charge in [-0.3, -0.25) is 9.69 Å². The van der Waals surface area contributed by atoms with E-state index in [1.165, 1.54) is 0 Å². The fourth-order valence-electron chi connectivity index (χ4n) is 5.38. The Morgan fingerprint density at radius 1 is 0.974 bits per heavy atom. The maximum Gasteiger partial charge on any atom is 0.222 e. The van der Waals surface area contributed by atoms with Gasteiger partial charge in [-0.25, -0.2) is 0 Å². The number of halogens is 1. The van der Waals surface area contributed by atoms with Gasteiger partial charge in [0.1, 0.15) is 18.0 Å². The summed E-state index contributed by atoms with van der Waals surface area (Å²) in [4.78, 5) is 16.5. The van der Waals surface area contributed by atoms with Crippen molar-refractivity contribution >= 4 is 17.5 Å². The molecule has 0 saturated carbocycles. The molecule has 0 radical (unpaired) electrons. The average molecular weight is 559 g/mol. The lowest BCUT2D eigenvalue weighted by Gasteiger charge is -2.38. The minimum atomic E-state index is -0.846. The topological polar surface area (TPSA) is 71.5 Å². The summed E-state index contributed by atoms with van der Waals surface area (Å²) in [7, 11) is 1.65. The lowest BCUT2D eigenvalue weighted by atomic mass is 9.92. The second-order valence-electron chi connectivity index (χ2n) is 11.0. The fourth-order valence-corrected chi connectivity index (χ4v) is 5.49. The van der Waals surface area contributed by atoms with Crippen LogP contribution in [0.25, 0.3) is 0 Å². The monoisotopic (exact) mass is 558 g/mol. The van der Waals surface area contributed by atoms with E-state index in [2.05, 4.69) is 11.0 Å². The molecule has 2 aliphatic heterocycles. The molecule has 0 aromatic heterocycles. The quantitative estimate of drug-likeness (QED) is 0.365. The molecule has 2 heterocycles. The zero-order chi connectivity index (χ0) is 27.8. The molecule has 2 aromatic carbocycles. The number of carbonyl (C=O) groups is 1. The molecule has 2 fully saturated rings. The molecular weight excluding hydrogens is 516 g/mol. The Labute approximate surface area is 238 Å². The number of ether oxygens (including phenoxy) is 3. The van der Waals surface area contributed by atoms with Crippen LogP contribution in [0.5, 0.6) is 17.2 Å². The van der Waals surface area contributed by atoms with Crippen molar-refractivity contribution in [3.63, 3.8) is 0 Å². The van der Waals surface area contributed by atoms with Crippen LogP contribution in [0.2, 0.25) is 5.02 Å². The molecule has 1 N–H and O–H groups in total. The van der Waals surface area contributed by atoms with Gasteiger partial charge in [0.25, 0.3) is 0 Å². The molecule has 0 bridgehead atoms. The van der Waals surface area contributed by atoms with Crippen LogP contribution in [0, 0.1) is 13.8 Å². The molecule has 0 unspecified atom stereocenters. The molecule has 0 atom stereocenters. The van der Waals surface area contributed by atoms with Gasteiger partial charge in [-0.2, -0.15) is 0 Å². The Morgan fingerprint density at radius 3 is 2.44 bits per heavy atom. The summed E-state index contributed by atoms with van der Waals surface area (Å²) in [5.41, 5.74) is 2.25. The van der Waals surface area contributed by atoms with E-state index in [0.29, 0.717) is 31.6 Å². The lowest BCUT2D eigenvalue weighted by molar-refractivity contribution is -0.130. The minimum Gasteiger partial charge on any atom is -0.493 e. The van der Waals surface area contributed by atoms with Gasteiger partial charge < -0.3 is 24.2 Å². The molecule has 4 rings (SSSR count). The number of carbonyl (C=O) groups excluding carboxylic acids is 1. The Hall–Kier alpha value is -2.48. The molecule has 0 spiro atoms. The predicted molar refractivity (Wildman–Crippen MR) is 154 cm³/mol. The van der Waals surface area contributed by atoms with E-state index in [4.69, 9.17) is 25.8 Å². The maximum absolute atomic E-state index is 12.2. The second-order valence-corrected chi connectivity index (χ2v) is 11.4. The molecule has 39 heavy (non-hydrogen) atoms. The summed E-state index contributed by atoms with van der Waals surface area (Å²) < 4.78 is 17.6. The number of aliphatic hydroxyl groups is 1. The summed E-state index contributed by atoms with van der Waals surface area (Å²) in [6.45, 7) is 8.66. The zero-order valence-corrected chi connectivity index (χ0v) is 24.4. The van der Waals surface area contributed by atoms with Crippen LogP contribution < -0.4 is 14.2 Å². The Morgan fingerprint density at radius 2 is 1.72 bits per heavy atom. The normalized spacial score (nSPS) is 18.1. The SMILES string of the molecule is COc1ccc(CN2CCC(O)(COc3cc(C)c(Cl)c(C)c3)CC2)cc1OCCCN1CCCCCC1=O. The first kappa shape index (κ1) is 29.5. The van der Waals surface area contributed by atoms with E-state index in [0.717, 1.165) is 91.6 Å². The molecule has 2 aromatic rings. The molecule has 2 aliphatic rings. The first-order valence-electron chi connectivity index (χ1n) is 14.2. The van der Waals surface area contributed by atoms with Gasteiger partial charge in [0.05, 0.1) is 13.7 Å². The highest BCUT2D eigenvalue weighted by Gasteiger charge is 2.33. The van der Waals surface area contributed by atoms with Gasteiger partial charge in [0, 0.05) is 44.2 Å². The highest BCUT2D eigenvalue weighted by Crippen LogP contribution is 2.31. The predicted octanol–water partition coefficient (Wildman–Crippen LogP) is 5.54. The van der Waals surface area contributed by atoms with Crippen molar-refractivity contribution in [2.75, 3.05) is 46.5 Å². The summed E-state index contributed by atoms with van der Waals surface area (Å²) in [5, 5.41) is 11.9. The van der Waals surface area contributed by atoms with Crippen molar-refractivity contribution in [2.45, 2.75) is 70.9 Å². The van der Waals surface area contributed by atoms with Crippen LogP contribution in [0.3, 0.4) is 0 Å². The number of nitrogens with zero attached hydrogens (tertiary/aromatic N) is 2. The standard InChI is InChI=1S/C31H43ClN2O5/c1-23-18-26(19-24(2)30(23)32)39-22-31(36)11-15-33(16-12-31)21-25-9-10-27(37-3)28(20-25)38-17-7-14-34-13-6-4-5-8-29(34)35/h9-10,18-20,36H,4-8,11-17,21-22H2,1-3H3. The number of likely N-dealkylation sites (tertiary alicyclic amines) is 2. The highest BCUT2D eigenvalue weighted by molar-refractivity contribution is 6.32. The van der Waals surface area contributed by atoms with Crippen molar-refractivity contribution in [2.24, 2.45) is 0 Å². The summed E-state index contributed by atoms with van der Waals surface area (Å²) in [6.07, 6.45) is 5.98. The van der Waals surface area contributed by atoms with E-state index in [1.54, 1.807) is 7.11 Å². The van der Waals surface area contributed by atoms with Crippen LogP contribution in [-0.2, 0) is 11.3 Å². The van der Waals surface area contributed by atoms with Crippen LogP contribution in [0.4, 0.5) is 0 Å². The lowest BCUT2D eigenvalue weighted by Crippen LogP contribution is -2.47. The third-order valence-corrected chi connectivity index (χ3v) is 8.44. The number of piperidine rings is 1. The van der Waals surface area contributed by atoms with Gasteiger partial charge in [-0.15, -0.1) is 0 Å². The largest absolute Gasteiger partial charge is 0.493 e. The highest BCUT2D eigenvalue weighted by atomic mass is 35.5. The number of hydrogen-bond donors (Lipinski definition) is 1. The summed E-state index contributed by atoms with van der Waals surface area (Å²) in [6, 6.07) is 9.91. The molecule has 0 aliphatic carbocycles. The number of benzene rings is 2. The Balaban J connectivity index is 1.25. The first-order chi connectivity index (χ1) is 18.8. The van der Waals surface area contributed by atoms with Crippen LogP contribution in [-0.4, -0.2) is 72.9 Å². The third-order valence-electron chi connectivity index (χ3n) is 7.84. The number of methoxy groups -OCH3 is 1. The van der Waals surface area contributed by atoms with Crippen LogP contribution >= 0.6 is 11.6 Å². The smallest absolute Gasteiger partial charge is 0.222 e. The Bertz CT molecular complexity index is 1090.